The number of halogens is 3. The van der Waals surface area contributed by atoms with Crippen molar-refractivity contribution in [2.75, 3.05) is 5.33 Å². The van der Waals surface area contributed by atoms with E-state index in [1.807, 2.05) is 6.07 Å². The second-order valence-electron chi connectivity index (χ2n) is 5.71. The number of hydrogen-bond donors (Lipinski definition) is 0. The lowest BCUT2D eigenvalue weighted by atomic mass is 9.79. The molecular formula is C14H15BrClF. The molecule has 0 bridgehead atoms. The lowest BCUT2D eigenvalue weighted by Gasteiger charge is -2.29. The van der Waals surface area contributed by atoms with Gasteiger partial charge in [0.25, 0.3) is 0 Å². The van der Waals surface area contributed by atoms with Crippen LogP contribution in [-0.2, 0) is 6.42 Å². The van der Waals surface area contributed by atoms with Crippen LogP contribution in [0.1, 0.15) is 24.8 Å². The Kier molecular flexibility index (Phi) is 2.99. The van der Waals surface area contributed by atoms with Gasteiger partial charge in [0.15, 0.2) is 0 Å². The van der Waals surface area contributed by atoms with E-state index in [2.05, 4.69) is 15.9 Å². The monoisotopic (exact) mass is 316 g/mol. The third kappa shape index (κ3) is 2.26. The summed E-state index contributed by atoms with van der Waals surface area (Å²) in [4.78, 5) is 0. The molecule has 0 radical (unpaired) electrons. The highest BCUT2D eigenvalue weighted by Gasteiger charge is 2.53. The smallest absolute Gasteiger partial charge is 0.124 e. The molecule has 0 aliphatic heterocycles. The van der Waals surface area contributed by atoms with E-state index in [1.165, 1.54) is 31.4 Å². The van der Waals surface area contributed by atoms with Crippen molar-refractivity contribution < 1.29 is 4.39 Å². The molecule has 3 rings (SSSR count). The topological polar surface area (TPSA) is 0 Å². The first kappa shape index (κ1) is 12.0. The minimum Gasteiger partial charge on any atom is -0.207 e. The van der Waals surface area contributed by atoms with Crippen LogP contribution in [0.3, 0.4) is 0 Å². The van der Waals surface area contributed by atoms with Crippen molar-refractivity contribution in [1.29, 1.82) is 0 Å². The van der Waals surface area contributed by atoms with Gasteiger partial charge in [-0.3, -0.25) is 0 Å². The second-order valence-corrected chi connectivity index (χ2v) is 6.68. The Bertz CT molecular complexity index is 436. The van der Waals surface area contributed by atoms with Gasteiger partial charge in [0.2, 0.25) is 0 Å². The Morgan fingerprint density at radius 3 is 2.65 bits per heavy atom. The molecule has 0 N–H and O–H groups in total. The molecular weight excluding hydrogens is 303 g/mol. The minimum absolute atomic E-state index is 0.249. The second kappa shape index (κ2) is 4.24. The highest BCUT2D eigenvalue weighted by atomic mass is 79.9. The Balaban J connectivity index is 1.81. The largest absolute Gasteiger partial charge is 0.207 e. The summed E-state index contributed by atoms with van der Waals surface area (Å²) in [5.74, 6) is 1.65. The third-order valence-corrected chi connectivity index (χ3v) is 5.86. The molecule has 0 saturated heterocycles. The van der Waals surface area contributed by atoms with Gasteiger partial charge in [0, 0.05) is 10.4 Å². The zero-order chi connectivity index (χ0) is 12.0. The lowest BCUT2D eigenvalue weighted by Crippen LogP contribution is -2.24. The lowest BCUT2D eigenvalue weighted by molar-refractivity contribution is 0.308. The van der Waals surface area contributed by atoms with Gasteiger partial charge in [-0.2, -0.15) is 0 Å². The van der Waals surface area contributed by atoms with Crippen LogP contribution in [0.5, 0.6) is 0 Å². The van der Waals surface area contributed by atoms with Gasteiger partial charge in [-0.1, -0.05) is 33.6 Å². The van der Waals surface area contributed by atoms with Gasteiger partial charge in [0.05, 0.1) is 0 Å². The molecule has 0 spiro atoms. The fraction of sp³-hybridized carbons (Fsp3) is 0.571. The van der Waals surface area contributed by atoms with Gasteiger partial charge in [-0.15, -0.1) is 0 Å². The molecule has 1 aromatic carbocycles. The molecule has 17 heavy (non-hydrogen) atoms. The summed E-state index contributed by atoms with van der Waals surface area (Å²) >= 11 is 9.78. The molecule has 2 saturated carbocycles. The maximum absolute atomic E-state index is 13.0. The van der Waals surface area contributed by atoms with Crippen LogP contribution in [0.25, 0.3) is 0 Å². The van der Waals surface area contributed by atoms with Crippen LogP contribution in [0.15, 0.2) is 18.2 Å². The number of alkyl halides is 1. The van der Waals surface area contributed by atoms with Crippen LogP contribution in [-0.4, -0.2) is 5.33 Å². The van der Waals surface area contributed by atoms with E-state index in [-0.39, 0.29) is 5.82 Å². The first-order valence-electron chi connectivity index (χ1n) is 6.12. The molecule has 0 amide bonds. The van der Waals surface area contributed by atoms with Crippen LogP contribution < -0.4 is 0 Å². The molecule has 92 valence electrons. The Labute approximate surface area is 115 Å². The maximum Gasteiger partial charge on any atom is 0.124 e. The van der Waals surface area contributed by atoms with Crippen molar-refractivity contribution in [3.05, 3.63) is 34.6 Å². The number of rotatable bonds is 3. The zero-order valence-corrected chi connectivity index (χ0v) is 11.9. The molecule has 3 heteroatoms. The van der Waals surface area contributed by atoms with Crippen molar-refractivity contribution >= 4 is 27.5 Å². The van der Waals surface area contributed by atoms with E-state index in [4.69, 9.17) is 11.6 Å². The summed E-state index contributed by atoms with van der Waals surface area (Å²) in [5, 5.41) is 1.60. The molecule has 2 fully saturated rings. The van der Waals surface area contributed by atoms with Gasteiger partial charge >= 0.3 is 0 Å². The SMILES string of the molecule is Fc1ccc(CC2(CBr)CC3CC3C2)c(Cl)c1. The number of hydrogen-bond acceptors (Lipinski definition) is 0. The maximum atomic E-state index is 13.0. The van der Waals surface area contributed by atoms with E-state index in [0.717, 1.165) is 29.2 Å². The minimum atomic E-state index is -0.249. The zero-order valence-electron chi connectivity index (χ0n) is 9.56. The Morgan fingerprint density at radius 1 is 1.35 bits per heavy atom. The van der Waals surface area contributed by atoms with Crippen LogP contribution in [0.4, 0.5) is 4.39 Å². The number of benzene rings is 1. The average Bonchev–Trinajstić information content (AvgIpc) is 2.91. The van der Waals surface area contributed by atoms with E-state index in [0.29, 0.717) is 10.4 Å². The van der Waals surface area contributed by atoms with Crippen LogP contribution in [0.2, 0.25) is 5.02 Å². The van der Waals surface area contributed by atoms with Crippen molar-refractivity contribution in [1.82, 2.24) is 0 Å². The molecule has 0 aromatic heterocycles. The third-order valence-electron chi connectivity index (χ3n) is 4.32. The molecule has 2 unspecified atom stereocenters. The van der Waals surface area contributed by atoms with Gasteiger partial charge in [-0.25, -0.2) is 4.39 Å². The van der Waals surface area contributed by atoms with E-state index >= 15 is 0 Å². The molecule has 2 atom stereocenters. The summed E-state index contributed by atoms with van der Waals surface area (Å²) in [5.41, 5.74) is 1.45. The van der Waals surface area contributed by atoms with E-state index < -0.39 is 0 Å². The number of fused-ring (bicyclic) bond motifs is 1. The first-order chi connectivity index (χ1) is 8.12. The predicted octanol–water partition coefficient (Wildman–Crippen LogP) is 4.83. The van der Waals surface area contributed by atoms with Gasteiger partial charge < -0.3 is 0 Å². The van der Waals surface area contributed by atoms with Crippen molar-refractivity contribution in [3.63, 3.8) is 0 Å². The van der Waals surface area contributed by atoms with Crippen molar-refractivity contribution in [2.24, 2.45) is 17.3 Å². The highest BCUT2D eigenvalue weighted by Crippen LogP contribution is 2.61. The van der Waals surface area contributed by atoms with Gasteiger partial charge in [0.1, 0.15) is 5.82 Å². The van der Waals surface area contributed by atoms with E-state index in [9.17, 15) is 4.39 Å². The highest BCUT2D eigenvalue weighted by molar-refractivity contribution is 9.09. The van der Waals surface area contributed by atoms with Crippen LogP contribution >= 0.6 is 27.5 Å². The Morgan fingerprint density at radius 2 is 2.06 bits per heavy atom. The Hall–Kier alpha value is -0.0800. The first-order valence-corrected chi connectivity index (χ1v) is 7.62. The normalized spacial score (nSPS) is 34.8. The molecule has 0 nitrogen and oxygen atoms in total. The summed E-state index contributed by atoms with van der Waals surface area (Å²) < 4.78 is 13.0. The fourth-order valence-corrected chi connectivity index (χ4v) is 4.27. The fourth-order valence-electron chi connectivity index (χ4n) is 3.38. The summed E-state index contributed by atoms with van der Waals surface area (Å²) in [6.45, 7) is 0. The van der Waals surface area contributed by atoms with Crippen molar-refractivity contribution in [3.8, 4) is 0 Å². The van der Waals surface area contributed by atoms with E-state index in [1.54, 1.807) is 0 Å². The summed E-state index contributed by atoms with van der Waals surface area (Å²) in [6, 6.07) is 4.78. The predicted molar refractivity (Wildman–Crippen MR) is 72.2 cm³/mol. The molecule has 1 aromatic rings. The van der Waals surface area contributed by atoms with Crippen molar-refractivity contribution in [2.45, 2.75) is 25.7 Å². The van der Waals surface area contributed by atoms with Gasteiger partial charge in [-0.05, 0) is 60.6 Å². The molecule has 2 aliphatic carbocycles. The van der Waals surface area contributed by atoms with Crippen LogP contribution in [0, 0.1) is 23.1 Å². The molecule has 0 heterocycles. The average molecular weight is 318 g/mol. The quantitative estimate of drug-likeness (QED) is 0.700. The molecule has 2 aliphatic rings. The summed E-state index contributed by atoms with van der Waals surface area (Å²) in [6.07, 6.45) is 5.00. The summed E-state index contributed by atoms with van der Waals surface area (Å²) in [7, 11) is 0. The standard InChI is InChI=1S/C14H15BrClF/c15-8-14(6-10-3-11(10)7-14)5-9-1-2-12(17)4-13(9)16/h1-2,4,10-11H,3,5-8H2.